The number of nitrogens with one attached hydrogen (secondary N) is 2. The van der Waals surface area contributed by atoms with Crippen LogP contribution in [-0.4, -0.2) is 15.8 Å². The van der Waals surface area contributed by atoms with Gasteiger partial charge in [0.05, 0.1) is 29.2 Å². The third-order valence-electron chi connectivity index (χ3n) is 4.29. The Morgan fingerprint density at radius 3 is 2.52 bits per heavy atom. The van der Waals surface area contributed by atoms with Gasteiger partial charge in [-0.15, -0.1) is 0 Å². The molecule has 0 bridgehead atoms. The molecule has 0 saturated carbocycles. The van der Waals surface area contributed by atoms with Crippen LogP contribution in [0.5, 0.6) is 0 Å². The van der Waals surface area contributed by atoms with Crippen molar-refractivity contribution < 1.29 is 18.0 Å². The van der Waals surface area contributed by atoms with Gasteiger partial charge in [-0.1, -0.05) is 29.8 Å². The highest BCUT2D eigenvalue weighted by atomic mass is 35.5. The van der Waals surface area contributed by atoms with Gasteiger partial charge in [0.15, 0.2) is 0 Å². The number of rotatable bonds is 4. The minimum absolute atomic E-state index is 0.0407. The molecule has 1 heterocycles. The second-order valence-corrected chi connectivity index (χ2v) is 6.93. The molecule has 2 amide bonds. The first-order valence-corrected chi connectivity index (χ1v) is 9.05. The number of nitrogens with zero attached hydrogens (tertiary/aromatic N) is 2. The molecule has 9 heteroatoms. The first-order valence-electron chi connectivity index (χ1n) is 8.67. The van der Waals surface area contributed by atoms with E-state index in [0.29, 0.717) is 28.6 Å². The molecule has 1 aromatic heterocycles. The highest BCUT2D eigenvalue weighted by Gasteiger charge is 2.30. The topological polar surface area (TPSA) is 59.0 Å². The molecule has 3 aromatic rings. The minimum atomic E-state index is -4.48. The quantitative estimate of drug-likeness (QED) is 0.553. The molecule has 0 unspecified atom stereocenters. The van der Waals surface area contributed by atoms with Gasteiger partial charge in [0, 0.05) is 10.7 Å². The van der Waals surface area contributed by atoms with Crippen LogP contribution < -0.4 is 10.6 Å². The lowest BCUT2D eigenvalue weighted by atomic mass is 10.2. The lowest BCUT2D eigenvalue weighted by molar-refractivity contribution is -0.137. The summed E-state index contributed by atoms with van der Waals surface area (Å²) >= 11 is 6.01. The molecular formula is C20H18ClF3N4O. The maximum atomic E-state index is 12.8. The van der Waals surface area contributed by atoms with E-state index < -0.39 is 17.8 Å². The Kier molecular flexibility index (Phi) is 5.83. The Hall–Kier alpha value is -3.00. The molecule has 0 atom stereocenters. The summed E-state index contributed by atoms with van der Waals surface area (Å²) in [5.74, 6) is 0. The zero-order chi connectivity index (χ0) is 21.2. The maximum Gasteiger partial charge on any atom is 0.416 e. The lowest BCUT2D eigenvalue weighted by Gasteiger charge is -2.11. The van der Waals surface area contributed by atoms with Crippen molar-refractivity contribution in [2.45, 2.75) is 26.6 Å². The molecule has 0 aliphatic rings. The van der Waals surface area contributed by atoms with Crippen molar-refractivity contribution in [1.82, 2.24) is 9.78 Å². The fourth-order valence-corrected chi connectivity index (χ4v) is 3.10. The molecule has 2 aromatic carbocycles. The van der Waals surface area contributed by atoms with Crippen molar-refractivity contribution in [3.8, 4) is 0 Å². The largest absolute Gasteiger partial charge is 0.416 e. The van der Waals surface area contributed by atoms with Gasteiger partial charge >= 0.3 is 12.2 Å². The Bertz CT molecular complexity index is 1050. The van der Waals surface area contributed by atoms with Crippen LogP contribution in [0.2, 0.25) is 5.02 Å². The van der Waals surface area contributed by atoms with Gasteiger partial charge in [0.25, 0.3) is 0 Å². The SMILES string of the molecule is Cc1nn(Cc2cccc(Cl)c2)c(C)c1NC(=O)Nc1cccc(C(F)(F)F)c1. The fraction of sp³-hybridized carbons (Fsp3) is 0.200. The molecule has 0 saturated heterocycles. The molecule has 5 nitrogen and oxygen atoms in total. The monoisotopic (exact) mass is 422 g/mol. The normalized spacial score (nSPS) is 11.4. The Balaban J connectivity index is 1.73. The van der Waals surface area contributed by atoms with Crippen molar-refractivity contribution >= 4 is 29.0 Å². The first-order chi connectivity index (χ1) is 13.6. The number of urea groups is 1. The zero-order valence-electron chi connectivity index (χ0n) is 15.6. The number of carbonyl (C=O) groups excluding carboxylic acids is 1. The third kappa shape index (κ3) is 5.08. The summed E-state index contributed by atoms with van der Waals surface area (Å²) in [6.45, 7) is 4.00. The Labute approximate surface area is 170 Å². The number of amides is 2. The minimum Gasteiger partial charge on any atom is -0.308 e. The summed E-state index contributed by atoms with van der Waals surface area (Å²) in [5.41, 5.74) is 1.95. The second-order valence-electron chi connectivity index (χ2n) is 6.49. The summed E-state index contributed by atoms with van der Waals surface area (Å²) in [6.07, 6.45) is -4.48. The molecule has 0 spiro atoms. The van der Waals surface area contributed by atoms with E-state index in [0.717, 1.165) is 17.7 Å². The van der Waals surface area contributed by atoms with Crippen LogP contribution in [0.25, 0.3) is 0 Å². The van der Waals surface area contributed by atoms with Crippen LogP contribution in [0, 0.1) is 13.8 Å². The van der Waals surface area contributed by atoms with E-state index in [1.54, 1.807) is 24.6 Å². The highest BCUT2D eigenvalue weighted by Crippen LogP contribution is 2.30. The smallest absolute Gasteiger partial charge is 0.308 e. The number of carbonyl (C=O) groups is 1. The molecule has 0 fully saturated rings. The van der Waals surface area contributed by atoms with E-state index in [4.69, 9.17) is 11.6 Å². The van der Waals surface area contributed by atoms with Crippen molar-refractivity contribution in [3.63, 3.8) is 0 Å². The average Bonchev–Trinajstić information content (AvgIpc) is 2.89. The summed E-state index contributed by atoms with van der Waals surface area (Å²) in [6, 6.07) is 11.1. The molecule has 2 N–H and O–H groups in total. The second kappa shape index (κ2) is 8.16. The van der Waals surface area contributed by atoms with E-state index in [1.807, 2.05) is 18.2 Å². The summed E-state index contributed by atoms with van der Waals surface area (Å²) in [5, 5.41) is 10.1. The number of hydrogen-bond donors (Lipinski definition) is 2. The van der Waals surface area contributed by atoms with Gasteiger partial charge in [0.2, 0.25) is 0 Å². The number of aromatic nitrogens is 2. The predicted molar refractivity (Wildman–Crippen MR) is 106 cm³/mol. The van der Waals surface area contributed by atoms with E-state index in [-0.39, 0.29) is 5.69 Å². The number of aryl methyl sites for hydroxylation is 1. The number of hydrogen-bond acceptors (Lipinski definition) is 2. The number of anilines is 2. The van der Waals surface area contributed by atoms with Crippen LogP contribution in [-0.2, 0) is 12.7 Å². The van der Waals surface area contributed by atoms with Gasteiger partial charge in [-0.25, -0.2) is 4.79 Å². The van der Waals surface area contributed by atoms with Crippen LogP contribution in [0.3, 0.4) is 0 Å². The predicted octanol–water partition coefficient (Wildman–Crippen LogP) is 5.86. The van der Waals surface area contributed by atoms with E-state index in [2.05, 4.69) is 15.7 Å². The van der Waals surface area contributed by atoms with Crippen molar-refractivity contribution in [2.75, 3.05) is 10.6 Å². The van der Waals surface area contributed by atoms with Crippen molar-refractivity contribution in [1.29, 1.82) is 0 Å². The van der Waals surface area contributed by atoms with Gasteiger partial charge in [-0.2, -0.15) is 18.3 Å². The number of benzene rings is 2. The van der Waals surface area contributed by atoms with Crippen LogP contribution in [0.1, 0.15) is 22.5 Å². The Morgan fingerprint density at radius 1 is 1.10 bits per heavy atom. The number of alkyl halides is 3. The molecule has 0 aliphatic heterocycles. The molecule has 0 aliphatic carbocycles. The van der Waals surface area contributed by atoms with Crippen molar-refractivity contribution in [2.24, 2.45) is 0 Å². The molecule has 152 valence electrons. The third-order valence-corrected chi connectivity index (χ3v) is 4.52. The zero-order valence-corrected chi connectivity index (χ0v) is 16.4. The standard InChI is InChI=1S/C20H18ClF3N4O/c1-12-18(13(2)28(27-12)11-14-5-3-7-16(21)9-14)26-19(29)25-17-8-4-6-15(10-17)20(22,23)24/h3-10H,11H2,1-2H3,(H2,25,26,29). The van der Waals surface area contributed by atoms with E-state index in [1.165, 1.54) is 12.1 Å². The summed E-state index contributed by atoms with van der Waals surface area (Å²) in [7, 11) is 0. The van der Waals surface area contributed by atoms with E-state index >= 15 is 0 Å². The van der Waals surface area contributed by atoms with Gasteiger partial charge in [-0.05, 0) is 49.7 Å². The highest BCUT2D eigenvalue weighted by molar-refractivity contribution is 6.30. The number of halogens is 4. The summed E-state index contributed by atoms with van der Waals surface area (Å²) in [4.78, 5) is 12.3. The van der Waals surface area contributed by atoms with Crippen LogP contribution >= 0.6 is 11.6 Å². The van der Waals surface area contributed by atoms with Gasteiger partial charge < -0.3 is 10.6 Å². The molecule has 29 heavy (non-hydrogen) atoms. The lowest BCUT2D eigenvalue weighted by Crippen LogP contribution is -2.20. The molecule has 3 rings (SSSR count). The Morgan fingerprint density at radius 2 is 1.83 bits per heavy atom. The van der Waals surface area contributed by atoms with Crippen LogP contribution in [0.15, 0.2) is 48.5 Å². The molecule has 0 radical (unpaired) electrons. The maximum absolute atomic E-state index is 12.8. The van der Waals surface area contributed by atoms with Gasteiger partial charge in [-0.3, -0.25) is 4.68 Å². The first kappa shape index (κ1) is 20.7. The molecular weight excluding hydrogens is 405 g/mol. The average molecular weight is 423 g/mol. The van der Waals surface area contributed by atoms with E-state index in [9.17, 15) is 18.0 Å². The van der Waals surface area contributed by atoms with Crippen molar-refractivity contribution in [3.05, 3.63) is 76.1 Å². The van der Waals surface area contributed by atoms with Crippen LogP contribution in [0.4, 0.5) is 29.3 Å². The summed E-state index contributed by atoms with van der Waals surface area (Å²) < 4.78 is 40.2. The fourth-order valence-electron chi connectivity index (χ4n) is 2.89. The van der Waals surface area contributed by atoms with Gasteiger partial charge in [0.1, 0.15) is 0 Å².